The number of methoxy groups -OCH3 is 2. The van der Waals surface area contributed by atoms with Crippen molar-refractivity contribution < 1.29 is 23.8 Å². The maximum absolute atomic E-state index is 13.7. The molecule has 7 heteroatoms. The van der Waals surface area contributed by atoms with E-state index in [9.17, 15) is 9.59 Å². The van der Waals surface area contributed by atoms with E-state index in [-0.39, 0.29) is 18.3 Å². The van der Waals surface area contributed by atoms with Crippen LogP contribution in [0.5, 0.6) is 11.5 Å². The number of benzene rings is 2. The van der Waals surface area contributed by atoms with Crippen molar-refractivity contribution in [1.82, 2.24) is 5.32 Å². The average Bonchev–Trinajstić information content (AvgIpc) is 3.47. The molecule has 1 aromatic heterocycles. The van der Waals surface area contributed by atoms with Gasteiger partial charge in [-0.2, -0.15) is 0 Å². The van der Waals surface area contributed by atoms with Gasteiger partial charge >= 0.3 is 5.97 Å². The van der Waals surface area contributed by atoms with Crippen molar-refractivity contribution in [2.75, 3.05) is 20.8 Å². The Labute approximate surface area is 226 Å². The second-order valence-electron chi connectivity index (χ2n) is 9.52. The zero-order chi connectivity index (χ0) is 26.6. The molecule has 2 aliphatic rings. The molecular weight excluding hydrogens is 498 g/mol. The normalized spacial score (nSPS) is 19.1. The van der Waals surface area contributed by atoms with Crippen LogP contribution in [0.25, 0.3) is 0 Å². The third-order valence-electron chi connectivity index (χ3n) is 7.20. The fourth-order valence-corrected chi connectivity index (χ4v) is 6.21. The Morgan fingerprint density at radius 3 is 2.50 bits per heavy atom. The predicted octanol–water partition coefficient (Wildman–Crippen LogP) is 5.91. The fraction of sp³-hybridized carbons (Fsp3) is 0.290. The summed E-state index contributed by atoms with van der Waals surface area (Å²) in [5.74, 6) is 0.295. The lowest BCUT2D eigenvalue weighted by atomic mass is 9.72. The van der Waals surface area contributed by atoms with Gasteiger partial charge in [-0.3, -0.25) is 4.79 Å². The van der Waals surface area contributed by atoms with Crippen LogP contribution in [0.15, 0.2) is 88.6 Å². The van der Waals surface area contributed by atoms with Gasteiger partial charge in [0.2, 0.25) is 0 Å². The number of Topliss-reactive ketones (excluding diaryl/α,β-unsaturated/α-hetero) is 1. The minimum atomic E-state index is -0.563. The zero-order valence-corrected chi connectivity index (χ0v) is 22.6. The largest absolute Gasteiger partial charge is 0.493 e. The number of esters is 1. The standard InChI is InChI=1S/C31H31NO5S/c1-19-28(31(34)37-14-13-20-8-5-4-6-9-20)29(21-11-12-25(35-2)26(18-21)36-3)30-23(32-19)16-22(17-24(30)33)27-10-7-15-38-27/h4-12,15,18,22,29,32H,13-14,16-17H2,1-3H3/t22-,29+/m1/s1. The number of hydrogen-bond donors (Lipinski definition) is 1. The Morgan fingerprint density at radius 2 is 1.79 bits per heavy atom. The van der Waals surface area contributed by atoms with Crippen molar-refractivity contribution in [2.24, 2.45) is 0 Å². The quantitative estimate of drug-likeness (QED) is 0.366. The van der Waals surface area contributed by atoms with Gasteiger partial charge in [0, 0.05) is 46.5 Å². The van der Waals surface area contributed by atoms with Crippen LogP contribution in [0.3, 0.4) is 0 Å². The summed E-state index contributed by atoms with van der Waals surface area (Å²) in [6.45, 7) is 2.13. The summed E-state index contributed by atoms with van der Waals surface area (Å²) < 4.78 is 16.8. The molecule has 0 bridgehead atoms. The minimum absolute atomic E-state index is 0.0408. The maximum atomic E-state index is 13.7. The SMILES string of the molecule is COc1ccc([C@H]2C(C(=O)OCCc3ccccc3)=C(C)NC3=C2C(=O)C[C@H](c2cccs2)C3)cc1OC. The highest BCUT2D eigenvalue weighted by Crippen LogP contribution is 2.47. The summed E-state index contributed by atoms with van der Waals surface area (Å²) in [6.07, 6.45) is 1.72. The van der Waals surface area contributed by atoms with Crippen LogP contribution < -0.4 is 14.8 Å². The highest BCUT2D eigenvalue weighted by molar-refractivity contribution is 7.10. The Morgan fingerprint density at radius 1 is 1.00 bits per heavy atom. The van der Waals surface area contributed by atoms with Crippen molar-refractivity contribution in [3.63, 3.8) is 0 Å². The molecule has 0 saturated carbocycles. The molecule has 3 aromatic rings. The predicted molar refractivity (Wildman–Crippen MR) is 148 cm³/mol. The van der Waals surface area contributed by atoms with Crippen molar-refractivity contribution in [2.45, 2.75) is 38.0 Å². The summed E-state index contributed by atoms with van der Waals surface area (Å²) in [6, 6.07) is 19.6. The Balaban J connectivity index is 1.50. The lowest BCUT2D eigenvalue weighted by molar-refractivity contribution is -0.139. The molecule has 1 aliphatic carbocycles. The first-order valence-electron chi connectivity index (χ1n) is 12.7. The highest BCUT2D eigenvalue weighted by atomic mass is 32.1. The zero-order valence-electron chi connectivity index (χ0n) is 21.8. The molecule has 0 amide bonds. The first-order chi connectivity index (χ1) is 18.5. The van der Waals surface area contributed by atoms with E-state index in [1.165, 1.54) is 4.88 Å². The first kappa shape index (κ1) is 25.8. The number of hydrogen-bond acceptors (Lipinski definition) is 7. The van der Waals surface area contributed by atoms with Gasteiger partial charge < -0.3 is 19.5 Å². The Kier molecular flexibility index (Phi) is 7.65. The molecular formula is C31H31NO5S. The average molecular weight is 530 g/mol. The summed E-state index contributed by atoms with van der Waals surface area (Å²) in [4.78, 5) is 28.5. The molecule has 5 rings (SSSR count). The van der Waals surface area contributed by atoms with Crippen molar-refractivity contribution in [3.8, 4) is 11.5 Å². The van der Waals surface area contributed by atoms with Gasteiger partial charge in [0.1, 0.15) is 0 Å². The molecule has 1 N–H and O–H groups in total. The summed E-state index contributed by atoms with van der Waals surface area (Å²) in [5.41, 5.74) is 4.54. The van der Waals surface area contributed by atoms with Crippen molar-refractivity contribution >= 4 is 23.1 Å². The van der Waals surface area contributed by atoms with Crippen molar-refractivity contribution in [3.05, 3.63) is 105 Å². The van der Waals surface area contributed by atoms with Gasteiger partial charge in [-0.25, -0.2) is 4.79 Å². The summed E-state index contributed by atoms with van der Waals surface area (Å²) in [7, 11) is 3.16. The minimum Gasteiger partial charge on any atom is -0.493 e. The van der Waals surface area contributed by atoms with Crippen LogP contribution in [-0.2, 0) is 20.7 Å². The summed E-state index contributed by atoms with van der Waals surface area (Å²) in [5, 5.41) is 5.46. The Bertz CT molecular complexity index is 1390. The van der Waals surface area contributed by atoms with Gasteiger partial charge in [0.05, 0.1) is 26.4 Å². The number of carbonyl (C=O) groups excluding carboxylic acids is 2. The third-order valence-corrected chi connectivity index (χ3v) is 8.24. The number of ketones is 1. The number of nitrogens with one attached hydrogen (secondary N) is 1. The molecule has 2 atom stereocenters. The van der Waals surface area contributed by atoms with E-state index in [2.05, 4.69) is 11.4 Å². The van der Waals surface area contributed by atoms with E-state index in [1.807, 2.05) is 66.9 Å². The lowest BCUT2D eigenvalue weighted by Gasteiger charge is -2.36. The topological polar surface area (TPSA) is 73.9 Å². The second-order valence-corrected chi connectivity index (χ2v) is 10.5. The van der Waals surface area contributed by atoms with E-state index in [0.29, 0.717) is 47.6 Å². The number of carbonyl (C=O) groups is 2. The van der Waals surface area contributed by atoms with E-state index in [0.717, 1.165) is 16.8 Å². The molecule has 196 valence electrons. The van der Waals surface area contributed by atoms with Crippen LogP contribution >= 0.6 is 11.3 Å². The molecule has 38 heavy (non-hydrogen) atoms. The number of dihydropyridines is 1. The molecule has 0 fully saturated rings. The monoisotopic (exact) mass is 529 g/mol. The molecule has 0 radical (unpaired) electrons. The highest BCUT2D eigenvalue weighted by Gasteiger charge is 2.41. The molecule has 2 aromatic carbocycles. The van der Waals surface area contributed by atoms with Crippen LogP contribution in [-0.4, -0.2) is 32.6 Å². The first-order valence-corrected chi connectivity index (χ1v) is 13.6. The van der Waals surface area contributed by atoms with Gasteiger partial charge in [-0.15, -0.1) is 11.3 Å². The van der Waals surface area contributed by atoms with Crippen LogP contribution in [0.2, 0.25) is 0 Å². The van der Waals surface area contributed by atoms with E-state index in [4.69, 9.17) is 14.2 Å². The van der Waals surface area contributed by atoms with Gasteiger partial charge in [0.25, 0.3) is 0 Å². The summed E-state index contributed by atoms with van der Waals surface area (Å²) >= 11 is 1.67. The Hall–Kier alpha value is -3.84. The van der Waals surface area contributed by atoms with E-state index in [1.54, 1.807) is 25.6 Å². The van der Waals surface area contributed by atoms with Gasteiger partial charge in [0.15, 0.2) is 17.3 Å². The number of ether oxygens (including phenoxy) is 3. The smallest absolute Gasteiger partial charge is 0.336 e. The molecule has 0 unspecified atom stereocenters. The molecule has 6 nitrogen and oxygen atoms in total. The van der Waals surface area contributed by atoms with E-state index < -0.39 is 11.9 Å². The number of rotatable bonds is 8. The second kappa shape index (κ2) is 11.3. The molecule has 0 saturated heterocycles. The van der Waals surface area contributed by atoms with Crippen molar-refractivity contribution in [1.29, 1.82) is 0 Å². The third kappa shape index (κ3) is 5.11. The fourth-order valence-electron chi connectivity index (χ4n) is 5.38. The van der Waals surface area contributed by atoms with E-state index >= 15 is 0 Å². The molecule has 1 aliphatic heterocycles. The van der Waals surface area contributed by atoms with Gasteiger partial charge in [-0.1, -0.05) is 42.5 Å². The molecule has 0 spiro atoms. The molecule has 2 heterocycles. The van der Waals surface area contributed by atoms with Crippen LogP contribution in [0, 0.1) is 0 Å². The maximum Gasteiger partial charge on any atom is 0.336 e. The number of thiophene rings is 1. The van der Waals surface area contributed by atoms with Crippen LogP contribution in [0.1, 0.15) is 47.6 Å². The number of allylic oxidation sites excluding steroid dienone is 3. The van der Waals surface area contributed by atoms with Crippen LogP contribution in [0.4, 0.5) is 0 Å². The van der Waals surface area contributed by atoms with Gasteiger partial charge in [-0.05, 0) is 48.1 Å². The lowest BCUT2D eigenvalue weighted by Crippen LogP contribution is -2.36.